The number of pyridine rings is 1. The van der Waals surface area contributed by atoms with Gasteiger partial charge in [-0.25, -0.2) is 13.4 Å². The van der Waals surface area contributed by atoms with Crippen molar-refractivity contribution in [3.63, 3.8) is 0 Å². The summed E-state index contributed by atoms with van der Waals surface area (Å²) in [6, 6.07) is 16.1. The molecule has 0 bridgehead atoms. The quantitative estimate of drug-likeness (QED) is 0.316. The molecule has 1 amide bonds. The number of sulfone groups is 1. The Morgan fingerprint density at radius 2 is 1.88 bits per heavy atom. The van der Waals surface area contributed by atoms with Gasteiger partial charge in [-0.1, -0.05) is 31.3 Å². The summed E-state index contributed by atoms with van der Waals surface area (Å²) in [5.41, 5.74) is 2.08. The SMILES string of the molecule is CC(C)Sc1ccc(C(=O)N(Cc2cccnc2)c2nc3ccc(S(C)(=O)=O)cc3s2)cc1. The van der Waals surface area contributed by atoms with Gasteiger partial charge in [-0.2, -0.15) is 0 Å². The lowest BCUT2D eigenvalue weighted by molar-refractivity contribution is 0.0985. The number of aromatic nitrogens is 2. The zero-order chi connectivity index (χ0) is 23.6. The van der Waals surface area contributed by atoms with Crippen LogP contribution in [0.25, 0.3) is 10.2 Å². The zero-order valence-electron chi connectivity index (χ0n) is 18.4. The van der Waals surface area contributed by atoms with Gasteiger partial charge < -0.3 is 0 Å². The topological polar surface area (TPSA) is 80.2 Å². The maximum atomic E-state index is 13.6. The van der Waals surface area contributed by atoms with Crippen LogP contribution >= 0.6 is 23.1 Å². The van der Waals surface area contributed by atoms with Gasteiger partial charge in [-0.15, -0.1) is 11.8 Å². The molecule has 0 saturated carbocycles. The second-order valence-electron chi connectivity index (χ2n) is 7.84. The number of thioether (sulfide) groups is 1. The summed E-state index contributed by atoms with van der Waals surface area (Å²) in [6.45, 7) is 4.55. The third-order valence-electron chi connectivity index (χ3n) is 4.79. The molecule has 2 heterocycles. The number of amides is 1. The molecule has 170 valence electrons. The lowest BCUT2D eigenvalue weighted by atomic mass is 10.2. The second kappa shape index (κ2) is 9.62. The predicted octanol–water partition coefficient (Wildman–Crippen LogP) is 5.44. The zero-order valence-corrected chi connectivity index (χ0v) is 20.9. The van der Waals surface area contributed by atoms with Crippen LogP contribution in [-0.2, 0) is 16.4 Å². The fraction of sp³-hybridized carbons (Fsp3) is 0.208. The molecule has 2 aromatic heterocycles. The van der Waals surface area contributed by atoms with Gasteiger partial charge in [0.1, 0.15) is 0 Å². The Bertz CT molecular complexity index is 1380. The molecule has 0 N–H and O–H groups in total. The predicted molar refractivity (Wildman–Crippen MR) is 135 cm³/mol. The third kappa shape index (κ3) is 5.61. The van der Waals surface area contributed by atoms with E-state index < -0.39 is 9.84 Å². The van der Waals surface area contributed by atoms with E-state index in [0.29, 0.717) is 32.7 Å². The number of nitrogens with zero attached hydrogens (tertiary/aromatic N) is 3. The molecule has 0 aliphatic carbocycles. The lowest BCUT2D eigenvalue weighted by Crippen LogP contribution is -2.30. The molecule has 4 aromatic rings. The largest absolute Gasteiger partial charge is 0.279 e. The number of carbonyl (C=O) groups is 1. The first-order valence-corrected chi connectivity index (χ1v) is 13.9. The van der Waals surface area contributed by atoms with E-state index in [-0.39, 0.29) is 10.8 Å². The number of hydrogen-bond acceptors (Lipinski definition) is 7. The van der Waals surface area contributed by atoms with Crippen molar-refractivity contribution in [3.8, 4) is 0 Å². The first kappa shape index (κ1) is 23.4. The fourth-order valence-corrected chi connectivity index (χ4v) is 5.81. The van der Waals surface area contributed by atoms with E-state index in [2.05, 4.69) is 23.8 Å². The molecule has 0 radical (unpaired) electrons. The summed E-state index contributed by atoms with van der Waals surface area (Å²) in [6.07, 6.45) is 4.58. The lowest BCUT2D eigenvalue weighted by Gasteiger charge is -2.20. The molecule has 0 saturated heterocycles. The van der Waals surface area contributed by atoms with Crippen LogP contribution in [0.4, 0.5) is 5.13 Å². The minimum Gasteiger partial charge on any atom is -0.279 e. The molecule has 0 spiro atoms. The van der Waals surface area contributed by atoms with Gasteiger partial charge in [0, 0.05) is 34.4 Å². The van der Waals surface area contributed by atoms with E-state index >= 15 is 0 Å². The van der Waals surface area contributed by atoms with Crippen molar-refractivity contribution < 1.29 is 13.2 Å². The Balaban J connectivity index is 1.72. The fourth-order valence-electron chi connectivity index (χ4n) is 3.24. The van der Waals surface area contributed by atoms with Crippen LogP contribution in [0.2, 0.25) is 0 Å². The number of fused-ring (bicyclic) bond motifs is 1. The first-order chi connectivity index (χ1) is 15.7. The van der Waals surface area contributed by atoms with Gasteiger partial charge in [0.15, 0.2) is 15.0 Å². The van der Waals surface area contributed by atoms with Gasteiger partial charge in [-0.3, -0.25) is 14.7 Å². The maximum absolute atomic E-state index is 13.6. The van der Waals surface area contributed by atoms with E-state index in [0.717, 1.165) is 10.5 Å². The molecule has 2 aromatic carbocycles. The molecule has 6 nitrogen and oxygen atoms in total. The van der Waals surface area contributed by atoms with Gasteiger partial charge in [-0.05, 0) is 54.1 Å². The van der Waals surface area contributed by atoms with E-state index in [4.69, 9.17) is 0 Å². The summed E-state index contributed by atoms with van der Waals surface area (Å²) in [5.74, 6) is -0.178. The molecule has 0 fully saturated rings. The smallest absolute Gasteiger partial charge is 0.260 e. The van der Waals surface area contributed by atoms with Crippen molar-refractivity contribution in [2.24, 2.45) is 0 Å². The van der Waals surface area contributed by atoms with Crippen molar-refractivity contribution in [1.82, 2.24) is 9.97 Å². The molecule has 0 atom stereocenters. The van der Waals surface area contributed by atoms with Crippen molar-refractivity contribution in [2.45, 2.75) is 35.4 Å². The molecule has 4 rings (SSSR count). The molecule has 0 unspecified atom stereocenters. The Morgan fingerprint density at radius 3 is 2.52 bits per heavy atom. The third-order valence-corrected chi connectivity index (χ3v) is 7.96. The summed E-state index contributed by atoms with van der Waals surface area (Å²) in [5, 5.41) is 0.957. The van der Waals surface area contributed by atoms with Crippen LogP contribution in [0.15, 0.2) is 76.8 Å². The molecular formula is C24H23N3O3S3. The van der Waals surface area contributed by atoms with Crippen molar-refractivity contribution in [1.29, 1.82) is 0 Å². The van der Waals surface area contributed by atoms with E-state index in [1.165, 1.54) is 17.6 Å². The van der Waals surface area contributed by atoms with Gasteiger partial charge in [0.2, 0.25) is 0 Å². The van der Waals surface area contributed by atoms with Crippen molar-refractivity contribution in [3.05, 3.63) is 78.1 Å². The van der Waals surface area contributed by atoms with Crippen LogP contribution in [0.5, 0.6) is 0 Å². The highest BCUT2D eigenvalue weighted by atomic mass is 32.2. The van der Waals surface area contributed by atoms with Crippen LogP contribution < -0.4 is 4.90 Å². The van der Waals surface area contributed by atoms with Crippen molar-refractivity contribution >= 4 is 54.2 Å². The van der Waals surface area contributed by atoms with E-state index in [1.807, 2.05) is 36.4 Å². The standard InChI is InChI=1S/C24H23N3O3S3/c1-16(2)31-19-8-6-18(7-9-19)23(28)27(15-17-5-4-12-25-14-17)24-26-21-11-10-20(33(3,29)30)13-22(21)32-24/h4-14,16H,15H2,1-3H3. The minimum atomic E-state index is -3.34. The van der Waals surface area contributed by atoms with E-state index in [9.17, 15) is 13.2 Å². The van der Waals surface area contributed by atoms with Gasteiger partial charge >= 0.3 is 0 Å². The number of hydrogen-bond donors (Lipinski definition) is 0. The summed E-state index contributed by atoms with van der Waals surface area (Å²) >= 11 is 3.03. The summed E-state index contributed by atoms with van der Waals surface area (Å²) in [7, 11) is -3.34. The molecular weight excluding hydrogens is 474 g/mol. The average molecular weight is 498 g/mol. The Morgan fingerprint density at radius 1 is 1.12 bits per heavy atom. The average Bonchev–Trinajstić information content (AvgIpc) is 3.20. The maximum Gasteiger partial charge on any atom is 0.260 e. The highest BCUT2D eigenvalue weighted by molar-refractivity contribution is 7.99. The monoisotopic (exact) mass is 497 g/mol. The second-order valence-corrected chi connectivity index (χ2v) is 12.5. The number of rotatable bonds is 7. The highest BCUT2D eigenvalue weighted by Crippen LogP contribution is 2.32. The summed E-state index contributed by atoms with van der Waals surface area (Å²) < 4.78 is 24.6. The summed E-state index contributed by atoms with van der Waals surface area (Å²) in [4.78, 5) is 25.3. The Labute approximate surface area is 201 Å². The normalized spacial score (nSPS) is 11.8. The Kier molecular flexibility index (Phi) is 6.83. The van der Waals surface area contributed by atoms with Crippen molar-refractivity contribution in [2.75, 3.05) is 11.2 Å². The minimum absolute atomic E-state index is 0.178. The molecule has 33 heavy (non-hydrogen) atoms. The molecule has 0 aliphatic rings. The highest BCUT2D eigenvalue weighted by Gasteiger charge is 2.22. The number of benzene rings is 2. The number of carbonyl (C=O) groups excluding carboxylic acids is 1. The van der Waals surface area contributed by atoms with Crippen LogP contribution in [0.3, 0.4) is 0 Å². The van der Waals surface area contributed by atoms with Crippen LogP contribution in [0, 0.1) is 0 Å². The van der Waals surface area contributed by atoms with E-state index in [1.54, 1.807) is 47.3 Å². The van der Waals surface area contributed by atoms with Gasteiger partial charge in [0.05, 0.1) is 21.7 Å². The molecule has 0 aliphatic heterocycles. The first-order valence-electron chi connectivity index (χ1n) is 10.3. The number of thiazole rings is 1. The van der Waals surface area contributed by atoms with Crippen LogP contribution in [0.1, 0.15) is 29.8 Å². The van der Waals surface area contributed by atoms with Crippen LogP contribution in [-0.4, -0.2) is 35.8 Å². The molecule has 9 heteroatoms. The van der Waals surface area contributed by atoms with Gasteiger partial charge in [0.25, 0.3) is 5.91 Å². The Hall–Kier alpha value is -2.75. The number of anilines is 1.